The predicted octanol–water partition coefficient (Wildman–Crippen LogP) is 1.29. The van der Waals surface area contributed by atoms with Crippen LogP contribution in [0.1, 0.15) is 33.1 Å². The molecule has 0 saturated heterocycles. The average molecular weight is 228 g/mol. The van der Waals surface area contributed by atoms with Crippen molar-refractivity contribution in [3.05, 3.63) is 0 Å². The highest BCUT2D eigenvalue weighted by Crippen LogP contribution is 2.26. The number of likely N-dealkylation sites (N-methyl/N-ethyl adjacent to an activating group) is 1. The van der Waals surface area contributed by atoms with Gasteiger partial charge in [-0.25, -0.2) is 9.59 Å². The summed E-state index contributed by atoms with van der Waals surface area (Å²) in [6.45, 7) is 3.90. The molecule has 16 heavy (non-hydrogen) atoms. The maximum atomic E-state index is 11.7. The van der Waals surface area contributed by atoms with E-state index in [0.717, 1.165) is 12.8 Å². The number of amides is 2. The molecule has 1 aliphatic carbocycles. The number of nitrogens with zero attached hydrogens (tertiary/aromatic N) is 1. The summed E-state index contributed by atoms with van der Waals surface area (Å²) in [5.41, 5.74) is 0. The van der Waals surface area contributed by atoms with Crippen molar-refractivity contribution < 1.29 is 14.7 Å². The van der Waals surface area contributed by atoms with Gasteiger partial charge in [-0.2, -0.15) is 0 Å². The molecule has 1 atom stereocenters. The Morgan fingerprint density at radius 1 is 1.50 bits per heavy atom. The lowest BCUT2D eigenvalue weighted by atomic mass is 9.82. The largest absolute Gasteiger partial charge is 0.480 e. The van der Waals surface area contributed by atoms with Crippen molar-refractivity contribution in [2.45, 2.75) is 45.2 Å². The average Bonchev–Trinajstić information content (AvgIpc) is 2.15. The Morgan fingerprint density at radius 2 is 2.06 bits per heavy atom. The van der Waals surface area contributed by atoms with Crippen LogP contribution >= 0.6 is 0 Å². The van der Waals surface area contributed by atoms with Crippen LogP contribution in [0.25, 0.3) is 0 Å². The third-order valence-corrected chi connectivity index (χ3v) is 3.16. The topological polar surface area (TPSA) is 69.6 Å². The lowest BCUT2D eigenvalue weighted by Crippen LogP contribution is -2.52. The number of hydrogen-bond acceptors (Lipinski definition) is 2. The molecule has 92 valence electrons. The summed E-state index contributed by atoms with van der Waals surface area (Å²) in [7, 11) is 1.53. The van der Waals surface area contributed by atoms with Gasteiger partial charge in [0.1, 0.15) is 6.04 Å². The highest BCUT2D eigenvalue weighted by atomic mass is 16.4. The second kappa shape index (κ2) is 5.18. The van der Waals surface area contributed by atoms with Gasteiger partial charge in [0.25, 0.3) is 0 Å². The van der Waals surface area contributed by atoms with Crippen molar-refractivity contribution in [2.75, 3.05) is 7.05 Å². The highest BCUT2D eigenvalue weighted by molar-refractivity contribution is 5.82. The van der Waals surface area contributed by atoms with Gasteiger partial charge in [-0.3, -0.25) is 0 Å². The lowest BCUT2D eigenvalue weighted by molar-refractivity contribution is -0.141. The zero-order valence-corrected chi connectivity index (χ0v) is 10.1. The molecule has 0 aromatic heterocycles. The molecule has 2 amide bonds. The van der Waals surface area contributed by atoms with Crippen molar-refractivity contribution in [1.29, 1.82) is 0 Å². The van der Waals surface area contributed by atoms with E-state index in [1.807, 2.05) is 0 Å². The van der Waals surface area contributed by atoms with Crippen LogP contribution in [-0.2, 0) is 4.79 Å². The maximum absolute atomic E-state index is 11.7. The van der Waals surface area contributed by atoms with Gasteiger partial charge in [0.05, 0.1) is 0 Å². The summed E-state index contributed by atoms with van der Waals surface area (Å²) in [6, 6.07) is -0.806. The summed E-state index contributed by atoms with van der Waals surface area (Å²) < 4.78 is 0. The molecule has 1 aliphatic rings. The number of carbonyl (C=O) groups excluding carboxylic acids is 1. The summed E-state index contributed by atoms with van der Waals surface area (Å²) in [5.74, 6) is -0.292. The minimum Gasteiger partial charge on any atom is -0.480 e. The lowest BCUT2D eigenvalue weighted by Gasteiger charge is -2.35. The monoisotopic (exact) mass is 228 g/mol. The summed E-state index contributed by atoms with van der Waals surface area (Å²) in [4.78, 5) is 23.9. The summed E-state index contributed by atoms with van der Waals surface area (Å²) in [5, 5.41) is 11.8. The predicted molar refractivity (Wildman–Crippen MR) is 60.2 cm³/mol. The zero-order chi connectivity index (χ0) is 12.3. The third-order valence-electron chi connectivity index (χ3n) is 3.16. The van der Waals surface area contributed by atoms with Crippen molar-refractivity contribution in [2.24, 2.45) is 5.92 Å². The number of nitrogens with one attached hydrogen (secondary N) is 1. The maximum Gasteiger partial charge on any atom is 0.326 e. The van der Waals surface area contributed by atoms with E-state index in [1.54, 1.807) is 6.92 Å². The van der Waals surface area contributed by atoms with Crippen LogP contribution in [0.15, 0.2) is 0 Å². The second-order valence-electron chi connectivity index (χ2n) is 4.60. The van der Waals surface area contributed by atoms with Crippen LogP contribution in [0, 0.1) is 5.92 Å². The Kier molecular flexibility index (Phi) is 4.15. The number of urea groups is 1. The molecule has 5 nitrogen and oxygen atoms in total. The Morgan fingerprint density at radius 3 is 2.44 bits per heavy atom. The molecule has 5 heteroatoms. The van der Waals surface area contributed by atoms with E-state index < -0.39 is 12.0 Å². The third kappa shape index (κ3) is 2.87. The Balaban J connectivity index is 2.43. The van der Waals surface area contributed by atoms with Crippen LogP contribution in [0.2, 0.25) is 0 Å². The standard InChI is InChI=1S/C11H20N2O3/c1-4-9(10(14)15)13(3)11(16)12-8-5-7(2)6-8/h7-9H,4-6H2,1-3H3,(H,12,16)(H,14,15). The fourth-order valence-corrected chi connectivity index (χ4v) is 2.05. The zero-order valence-electron chi connectivity index (χ0n) is 10.1. The number of carboxylic acids is 1. The normalized spacial score (nSPS) is 25.4. The van der Waals surface area contributed by atoms with E-state index in [9.17, 15) is 9.59 Å². The second-order valence-corrected chi connectivity index (χ2v) is 4.60. The molecule has 1 saturated carbocycles. The van der Waals surface area contributed by atoms with Crippen LogP contribution < -0.4 is 5.32 Å². The first-order valence-electron chi connectivity index (χ1n) is 5.71. The molecule has 0 aromatic carbocycles. The first-order chi connectivity index (χ1) is 7.45. The Hall–Kier alpha value is -1.26. The smallest absolute Gasteiger partial charge is 0.326 e. The molecule has 0 bridgehead atoms. The Labute approximate surface area is 95.8 Å². The molecule has 0 radical (unpaired) electrons. The van der Waals surface area contributed by atoms with Crippen molar-refractivity contribution in [3.8, 4) is 0 Å². The SMILES string of the molecule is CCC(C(=O)O)N(C)C(=O)NC1CC(C)C1. The van der Waals surface area contributed by atoms with Gasteiger partial charge in [0, 0.05) is 13.1 Å². The van der Waals surface area contributed by atoms with E-state index in [0.29, 0.717) is 12.3 Å². The van der Waals surface area contributed by atoms with Crippen LogP contribution in [0.3, 0.4) is 0 Å². The van der Waals surface area contributed by atoms with Gasteiger partial charge < -0.3 is 15.3 Å². The van der Waals surface area contributed by atoms with Crippen molar-refractivity contribution >= 4 is 12.0 Å². The van der Waals surface area contributed by atoms with E-state index in [2.05, 4.69) is 12.2 Å². The van der Waals surface area contributed by atoms with E-state index in [1.165, 1.54) is 11.9 Å². The molecule has 2 N–H and O–H groups in total. The number of hydrogen-bond donors (Lipinski definition) is 2. The minimum absolute atomic E-state index is 0.219. The molecule has 0 aliphatic heterocycles. The first-order valence-corrected chi connectivity index (χ1v) is 5.71. The van der Waals surface area contributed by atoms with Gasteiger partial charge in [-0.1, -0.05) is 13.8 Å². The van der Waals surface area contributed by atoms with Gasteiger partial charge in [0.15, 0.2) is 0 Å². The highest BCUT2D eigenvalue weighted by Gasteiger charge is 2.30. The number of carboxylic acid groups (broad SMARTS) is 1. The quantitative estimate of drug-likeness (QED) is 0.761. The first kappa shape index (κ1) is 12.8. The number of rotatable bonds is 4. The fraction of sp³-hybridized carbons (Fsp3) is 0.818. The Bertz CT molecular complexity index is 274. The van der Waals surface area contributed by atoms with Crippen molar-refractivity contribution in [1.82, 2.24) is 10.2 Å². The summed E-state index contributed by atoms with van der Waals surface area (Å²) >= 11 is 0. The molecule has 1 fully saturated rings. The molecular formula is C11H20N2O3. The molecule has 0 heterocycles. The number of carbonyl (C=O) groups is 2. The van der Waals surface area contributed by atoms with Crippen molar-refractivity contribution in [3.63, 3.8) is 0 Å². The minimum atomic E-state index is -0.956. The van der Waals surface area contributed by atoms with Gasteiger partial charge in [0.2, 0.25) is 0 Å². The summed E-state index contributed by atoms with van der Waals surface area (Å²) in [6.07, 6.45) is 2.40. The molecular weight excluding hydrogens is 208 g/mol. The molecule has 0 spiro atoms. The van der Waals surface area contributed by atoms with Crippen LogP contribution in [0.5, 0.6) is 0 Å². The molecule has 1 unspecified atom stereocenters. The van der Waals surface area contributed by atoms with Gasteiger partial charge in [-0.15, -0.1) is 0 Å². The van der Waals surface area contributed by atoms with E-state index in [-0.39, 0.29) is 12.1 Å². The fourth-order valence-electron chi connectivity index (χ4n) is 2.05. The van der Waals surface area contributed by atoms with Gasteiger partial charge in [-0.05, 0) is 25.2 Å². The van der Waals surface area contributed by atoms with E-state index in [4.69, 9.17) is 5.11 Å². The van der Waals surface area contributed by atoms with Gasteiger partial charge >= 0.3 is 12.0 Å². The van der Waals surface area contributed by atoms with E-state index >= 15 is 0 Å². The number of aliphatic carboxylic acids is 1. The molecule has 1 rings (SSSR count). The van der Waals surface area contributed by atoms with Crippen LogP contribution in [-0.4, -0.2) is 41.1 Å². The molecule has 0 aromatic rings. The van der Waals surface area contributed by atoms with Crippen LogP contribution in [0.4, 0.5) is 4.79 Å².